The average Bonchev–Trinajstić information content (AvgIpc) is 2.65. The van der Waals surface area contributed by atoms with Crippen molar-refractivity contribution in [1.29, 1.82) is 0 Å². The van der Waals surface area contributed by atoms with Crippen molar-refractivity contribution in [2.24, 2.45) is 0 Å². The number of amides is 2. The Morgan fingerprint density at radius 2 is 1.64 bits per heavy atom. The van der Waals surface area contributed by atoms with Gasteiger partial charge in [-0.05, 0) is 48.7 Å². The summed E-state index contributed by atoms with van der Waals surface area (Å²) in [5.74, 6) is -0.355. The number of nitrogens with one attached hydrogen (secondary N) is 1. The number of hydrogen-bond acceptors (Lipinski definition) is 2. The van der Waals surface area contributed by atoms with Gasteiger partial charge in [-0.15, -0.1) is 0 Å². The Balaban J connectivity index is 2.30. The van der Waals surface area contributed by atoms with Gasteiger partial charge in [0.05, 0.1) is 6.42 Å². The summed E-state index contributed by atoms with van der Waals surface area (Å²) in [4.78, 5) is 27.3. The third kappa shape index (κ3) is 6.13. The van der Waals surface area contributed by atoms with E-state index in [1.165, 1.54) is 0 Å². The van der Waals surface area contributed by atoms with Gasteiger partial charge in [0.15, 0.2) is 0 Å². The molecule has 0 aliphatic heterocycles. The Morgan fingerprint density at radius 1 is 1.00 bits per heavy atom. The molecule has 2 amide bonds. The fourth-order valence-electron chi connectivity index (χ4n) is 2.93. The topological polar surface area (TPSA) is 49.4 Å². The van der Waals surface area contributed by atoms with Gasteiger partial charge in [-0.3, -0.25) is 9.59 Å². The van der Waals surface area contributed by atoms with E-state index in [-0.39, 0.29) is 18.2 Å². The number of nitrogens with zero attached hydrogens (tertiary/aromatic N) is 1. The summed E-state index contributed by atoms with van der Waals surface area (Å²) in [5.41, 5.74) is 1.56. The Labute approximate surface area is 180 Å². The van der Waals surface area contributed by atoms with E-state index in [9.17, 15) is 9.59 Å². The molecule has 2 aromatic carbocycles. The number of hydrogen-bond donors (Lipinski definition) is 1. The van der Waals surface area contributed by atoms with Crippen molar-refractivity contribution >= 4 is 46.6 Å². The largest absolute Gasteiger partial charge is 0.355 e. The van der Waals surface area contributed by atoms with E-state index in [0.717, 1.165) is 5.56 Å². The van der Waals surface area contributed by atoms with E-state index in [0.29, 0.717) is 40.1 Å². The van der Waals surface area contributed by atoms with E-state index in [2.05, 4.69) is 5.32 Å². The molecule has 0 saturated heterocycles. The fourth-order valence-corrected chi connectivity index (χ4v) is 3.53. The molecule has 4 nitrogen and oxygen atoms in total. The minimum atomic E-state index is -0.575. The number of rotatable bonds is 8. The van der Waals surface area contributed by atoms with Gasteiger partial charge < -0.3 is 10.2 Å². The van der Waals surface area contributed by atoms with Gasteiger partial charge >= 0.3 is 0 Å². The summed E-state index contributed by atoms with van der Waals surface area (Å²) in [6.45, 7) is 4.54. The molecule has 0 aromatic heterocycles. The van der Waals surface area contributed by atoms with Gasteiger partial charge in [0.25, 0.3) is 0 Å². The zero-order valence-corrected chi connectivity index (χ0v) is 18.1. The zero-order chi connectivity index (χ0) is 20.7. The van der Waals surface area contributed by atoms with Crippen LogP contribution in [0.4, 0.5) is 0 Å². The van der Waals surface area contributed by atoms with Crippen LogP contribution in [0.5, 0.6) is 0 Å². The van der Waals surface area contributed by atoms with Crippen molar-refractivity contribution in [2.45, 2.75) is 39.3 Å². The minimum Gasteiger partial charge on any atom is -0.355 e. The van der Waals surface area contributed by atoms with E-state index in [4.69, 9.17) is 34.8 Å². The normalized spacial score (nSPS) is 11.8. The van der Waals surface area contributed by atoms with Gasteiger partial charge in [0.1, 0.15) is 6.04 Å². The molecule has 1 atom stereocenters. The number of carbonyl (C=O) groups excluding carboxylic acids is 2. The highest BCUT2D eigenvalue weighted by molar-refractivity contribution is 6.35. The third-order valence-corrected chi connectivity index (χ3v) is 5.20. The number of carbonyl (C=O) groups is 2. The zero-order valence-electron chi connectivity index (χ0n) is 15.8. The van der Waals surface area contributed by atoms with Crippen molar-refractivity contribution in [3.8, 4) is 0 Å². The van der Waals surface area contributed by atoms with Crippen LogP contribution in [0, 0.1) is 0 Å². The number of likely N-dealkylation sites (N-methyl/N-ethyl adjacent to an activating group) is 1. The maximum absolute atomic E-state index is 13.2. The minimum absolute atomic E-state index is 0.0828. The summed E-state index contributed by atoms with van der Waals surface area (Å²) < 4.78 is 0. The van der Waals surface area contributed by atoms with Gasteiger partial charge in [-0.25, -0.2) is 0 Å². The molecule has 0 aliphatic rings. The molecule has 0 spiro atoms. The second kappa shape index (κ2) is 10.7. The maximum atomic E-state index is 13.2. The Bertz CT molecular complexity index is 825. The van der Waals surface area contributed by atoms with E-state index in [1.54, 1.807) is 35.2 Å². The van der Waals surface area contributed by atoms with Gasteiger partial charge in [0, 0.05) is 28.2 Å². The van der Waals surface area contributed by atoms with Crippen molar-refractivity contribution in [2.75, 3.05) is 6.54 Å². The molecule has 0 aliphatic carbocycles. The highest BCUT2D eigenvalue weighted by Gasteiger charge is 2.28. The molecule has 0 fully saturated rings. The van der Waals surface area contributed by atoms with E-state index in [1.807, 2.05) is 26.0 Å². The standard InChI is InChI=1S/C21H23Cl3N2O2/c1-3-19(21(28)25-4-2)26(13-14-5-8-16(22)9-6-14)20(27)11-15-7-10-17(23)12-18(15)24/h5-10,12,19H,3-4,11,13H2,1-2H3,(H,25,28). The number of benzene rings is 2. The lowest BCUT2D eigenvalue weighted by molar-refractivity contribution is -0.140. The monoisotopic (exact) mass is 440 g/mol. The summed E-state index contributed by atoms with van der Waals surface area (Å²) in [5, 5.41) is 4.36. The van der Waals surface area contributed by atoms with Crippen LogP contribution in [-0.4, -0.2) is 29.3 Å². The molecule has 0 bridgehead atoms. The second-order valence-electron chi connectivity index (χ2n) is 6.38. The molecule has 150 valence electrons. The smallest absolute Gasteiger partial charge is 0.242 e. The highest BCUT2D eigenvalue weighted by Crippen LogP contribution is 2.23. The molecule has 1 unspecified atom stereocenters. The first-order chi connectivity index (χ1) is 13.3. The molecule has 0 saturated carbocycles. The molecule has 0 heterocycles. The van der Waals surface area contributed by atoms with Crippen LogP contribution in [0.3, 0.4) is 0 Å². The lowest BCUT2D eigenvalue weighted by Gasteiger charge is -2.30. The predicted octanol–water partition coefficient (Wildman–Crippen LogP) is 5.13. The Hall–Kier alpha value is -1.75. The van der Waals surface area contributed by atoms with Crippen LogP contribution in [0.2, 0.25) is 15.1 Å². The third-order valence-electron chi connectivity index (χ3n) is 4.36. The lowest BCUT2D eigenvalue weighted by Crippen LogP contribution is -2.49. The predicted molar refractivity (Wildman–Crippen MR) is 115 cm³/mol. The molecule has 7 heteroatoms. The van der Waals surface area contributed by atoms with Crippen LogP contribution in [-0.2, 0) is 22.6 Å². The summed E-state index contributed by atoms with van der Waals surface area (Å²) in [7, 11) is 0. The van der Waals surface area contributed by atoms with E-state index >= 15 is 0 Å². The maximum Gasteiger partial charge on any atom is 0.242 e. The molecule has 1 N–H and O–H groups in total. The van der Waals surface area contributed by atoms with Gasteiger partial charge in [-0.2, -0.15) is 0 Å². The summed E-state index contributed by atoms with van der Waals surface area (Å²) >= 11 is 18.1. The second-order valence-corrected chi connectivity index (χ2v) is 7.66. The first-order valence-electron chi connectivity index (χ1n) is 9.11. The molecular formula is C21H23Cl3N2O2. The van der Waals surface area contributed by atoms with E-state index < -0.39 is 6.04 Å². The SMILES string of the molecule is CCNC(=O)C(CC)N(Cc1ccc(Cl)cc1)C(=O)Cc1ccc(Cl)cc1Cl. The van der Waals surface area contributed by atoms with Crippen LogP contribution < -0.4 is 5.32 Å². The lowest BCUT2D eigenvalue weighted by atomic mass is 10.1. The first-order valence-corrected chi connectivity index (χ1v) is 10.2. The quantitative estimate of drug-likeness (QED) is 0.617. The molecule has 2 rings (SSSR count). The van der Waals surface area contributed by atoms with Crippen molar-refractivity contribution in [3.05, 3.63) is 68.7 Å². The average molecular weight is 442 g/mol. The van der Waals surface area contributed by atoms with Gasteiger partial charge in [-0.1, -0.05) is 59.9 Å². The van der Waals surface area contributed by atoms with Crippen LogP contribution in [0.25, 0.3) is 0 Å². The Kier molecular flexibility index (Phi) is 8.61. The molecule has 0 radical (unpaired) electrons. The number of halogens is 3. The van der Waals surface area contributed by atoms with Crippen molar-refractivity contribution < 1.29 is 9.59 Å². The summed E-state index contributed by atoms with van der Waals surface area (Å²) in [6.07, 6.45) is 0.582. The summed E-state index contributed by atoms with van der Waals surface area (Å²) in [6, 6.07) is 11.7. The van der Waals surface area contributed by atoms with Gasteiger partial charge in [0.2, 0.25) is 11.8 Å². The Morgan fingerprint density at radius 3 is 2.21 bits per heavy atom. The first kappa shape index (κ1) is 22.5. The van der Waals surface area contributed by atoms with Crippen LogP contribution in [0.1, 0.15) is 31.4 Å². The fraction of sp³-hybridized carbons (Fsp3) is 0.333. The van der Waals surface area contributed by atoms with Crippen LogP contribution >= 0.6 is 34.8 Å². The van der Waals surface area contributed by atoms with Crippen molar-refractivity contribution in [1.82, 2.24) is 10.2 Å². The van der Waals surface area contributed by atoms with Crippen LogP contribution in [0.15, 0.2) is 42.5 Å². The molecular weight excluding hydrogens is 419 g/mol. The van der Waals surface area contributed by atoms with Crippen molar-refractivity contribution in [3.63, 3.8) is 0 Å². The highest BCUT2D eigenvalue weighted by atomic mass is 35.5. The molecule has 2 aromatic rings. The molecule has 28 heavy (non-hydrogen) atoms.